The normalized spacial score (nSPS) is 25.2. The average molecular weight is 261 g/mol. The molecule has 1 atom stereocenters. The van der Waals surface area contributed by atoms with Gasteiger partial charge >= 0.3 is 0 Å². The molecule has 106 valence electrons. The summed E-state index contributed by atoms with van der Waals surface area (Å²) in [5, 5.41) is 13.1. The van der Waals surface area contributed by atoms with Crippen molar-refractivity contribution in [3.8, 4) is 5.75 Å². The predicted octanol–water partition coefficient (Wildman–Crippen LogP) is 4.26. The van der Waals surface area contributed by atoms with Crippen LogP contribution in [0.3, 0.4) is 0 Å². The van der Waals surface area contributed by atoms with E-state index in [2.05, 4.69) is 25.2 Å². The van der Waals surface area contributed by atoms with E-state index in [1.54, 1.807) is 6.07 Å². The van der Waals surface area contributed by atoms with Crippen molar-refractivity contribution in [2.45, 2.75) is 52.0 Å². The smallest absolute Gasteiger partial charge is 0.115 e. The molecule has 0 saturated heterocycles. The lowest BCUT2D eigenvalue weighted by atomic mass is 9.81. The average Bonchev–Trinajstić information content (AvgIpc) is 2.41. The molecule has 1 aromatic carbocycles. The first-order valence-corrected chi connectivity index (χ1v) is 7.67. The van der Waals surface area contributed by atoms with Gasteiger partial charge in [0.1, 0.15) is 5.75 Å². The van der Waals surface area contributed by atoms with Crippen LogP contribution in [0.15, 0.2) is 24.3 Å². The number of phenolic OH excluding ortho intramolecular Hbond substituents is 1. The van der Waals surface area contributed by atoms with E-state index in [1.165, 1.54) is 32.1 Å². The van der Waals surface area contributed by atoms with Crippen LogP contribution in [-0.2, 0) is 0 Å². The first-order valence-electron chi connectivity index (χ1n) is 7.67. The third-order valence-electron chi connectivity index (χ3n) is 4.51. The largest absolute Gasteiger partial charge is 0.508 e. The molecule has 0 aliphatic heterocycles. The molecule has 2 N–H and O–H groups in total. The molecule has 0 aromatic heterocycles. The Balaban J connectivity index is 1.70. The highest BCUT2D eigenvalue weighted by molar-refractivity contribution is 5.28. The van der Waals surface area contributed by atoms with E-state index in [-0.39, 0.29) is 0 Å². The summed E-state index contributed by atoms with van der Waals surface area (Å²) in [5.74, 6) is 2.21. The van der Waals surface area contributed by atoms with E-state index in [0.717, 1.165) is 23.9 Å². The number of hydrogen-bond acceptors (Lipinski definition) is 2. The summed E-state index contributed by atoms with van der Waals surface area (Å²) in [5.41, 5.74) is 1.16. The Morgan fingerprint density at radius 1 is 1.26 bits per heavy atom. The number of hydrogen-bond donors (Lipinski definition) is 2. The van der Waals surface area contributed by atoms with Crippen molar-refractivity contribution in [3.05, 3.63) is 29.8 Å². The quantitative estimate of drug-likeness (QED) is 0.830. The van der Waals surface area contributed by atoms with Gasteiger partial charge in [-0.25, -0.2) is 0 Å². The fourth-order valence-electron chi connectivity index (χ4n) is 3.03. The standard InChI is InChI=1S/C17H27NO/c1-13-6-8-15(9-7-13)10-11-18-14(2)16-4-3-5-17(19)12-16/h3-5,12-15,18-19H,6-11H2,1-2H3. The second kappa shape index (κ2) is 6.95. The summed E-state index contributed by atoms with van der Waals surface area (Å²) in [4.78, 5) is 0. The zero-order chi connectivity index (χ0) is 13.7. The molecule has 2 rings (SSSR count). The van der Waals surface area contributed by atoms with E-state index >= 15 is 0 Å². The maximum Gasteiger partial charge on any atom is 0.115 e. The van der Waals surface area contributed by atoms with Crippen molar-refractivity contribution in [1.82, 2.24) is 5.32 Å². The van der Waals surface area contributed by atoms with E-state index in [1.807, 2.05) is 12.1 Å². The van der Waals surface area contributed by atoms with Gasteiger partial charge in [0.05, 0.1) is 0 Å². The topological polar surface area (TPSA) is 32.3 Å². The van der Waals surface area contributed by atoms with E-state index in [4.69, 9.17) is 0 Å². The Kier molecular flexibility index (Phi) is 5.26. The number of benzene rings is 1. The summed E-state index contributed by atoms with van der Waals surface area (Å²) in [6.45, 7) is 5.62. The number of rotatable bonds is 5. The van der Waals surface area contributed by atoms with Crippen LogP contribution in [0.5, 0.6) is 5.75 Å². The SMILES string of the molecule is CC1CCC(CCNC(C)c2cccc(O)c2)CC1. The minimum Gasteiger partial charge on any atom is -0.508 e. The Bertz CT molecular complexity index is 383. The lowest BCUT2D eigenvalue weighted by Gasteiger charge is -2.26. The second-order valence-corrected chi connectivity index (χ2v) is 6.19. The molecule has 1 aliphatic carbocycles. The molecular weight excluding hydrogens is 234 g/mol. The van der Waals surface area contributed by atoms with E-state index < -0.39 is 0 Å². The monoisotopic (exact) mass is 261 g/mol. The van der Waals surface area contributed by atoms with Crippen LogP contribution in [-0.4, -0.2) is 11.7 Å². The molecular formula is C17H27NO. The van der Waals surface area contributed by atoms with Gasteiger partial charge in [-0.3, -0.25) is 0 Å². The van der Waals surface area contributed by atoms with Gasteiger partial charge in [0.15, 0.2) is 0 Å². The first kappa shape index (κ1) is 14.4. The lowest BCUT2D eigenvalue weighted by Crippen LogP contribution is -2.23. The van der Waals surface area contributed by atoms with Gasteiger partial charge in [-0.2, -0.15) is 0 Å². The fourth-order valence-corrected chi connectivity index (χ4v) is 3.03. The Hall–Kier alpha value is -1.02. The van der Waals surface area contributed by atoms with Crippen LogP contribution >= 0.6 is 0 Å². The van der Waals surface area contributed by atoms with Gasteiger partial charge in [-0.05, 0) is 49.4 Å². The highest BCUT2D eigenvalue weighted by Crippen LogP contribution is 2.30. The maximum atomic E-state index is 9.49. The van der Waals surface area contributed by atoms with Crippen LogP contribution in [0.1, 0.15) is 57.6 Å². The van der Waals surface area contributed by atoms with Crippen LogP contribution in [0.25, 0.3) is 0 Å². The van der Waals surface area contributed by atoms with E-state index in [9.17, 15) is 5.11 Å². The molecule has 1 saturated carbocycles. The summed E-state index contributed by atoms with van der Waals surface area (Å²) < 4.78 is 0. The molecule has 0 heterocycles. The summed E-state index contributed by atoms with van der Waals surface area (Å²) >= 11 is 0. The summed E-state index contributed by atoms with van der Waals surface area (Å²) in [6.07, 6.45) is 6.92. The zero-order valence-corrected chi connectivity index (χ0v) is 12.2. The van der Waals surface area contributed by atoms with Crippen molar-refractivity contribution >= 4 is 0 Å². The van der Waals surface area contributed by atoms with Crippen LogP contribution < -0.4 is 5.32 Å². The molecule has 0 amide bonds. The number of nitrogens with one attached hydrogen (secondary N) is 1. The third kappa shape index (κ3) is 4.54. The molecule has 1 aromatic rings. The lowest BCUT2D eigenvalue weighted by molar-refractivity contribution is 0.273. The van der Waals surface area contributed by atoms with Gasteiger partial charge in [0.2, 0.25) is 0 Å². The third-order valence-corrected chi connectivity index (χ3v) is 4.51. The molecule has 0 bridgehead atoms. The van der Waals surface area contributed by atoms with Crippen LogP contribution in [0.2, 0.25) is 0 Å². The van der Waals surface area contributed by atoms with Gasteiger partial charge in [0, 0.05) is 6.04 Å². The van der Waals surface area contributed by atoms with Crippen molar-refractivity contribution < 1.29 is 5.11 Å². The summed E-state index contributed by atoms with van der Waals surface area (Å²) in [6, 6.07) is 7.86. The Labute approximate surface area is 117 Å². The summed E-state index contributed by atoms with van der Waals surface area (Å²) in [7, 11) is 0. The van der Waals surface area contributed by atoms with E-state index in [0.29, 0.717) is 11.8 Å². The van der Waals surface area contributed by atoms with Crippen molar-refractivity contribution in [2.75, 3.05) is 6.54 Å². The van der Waals surface area contributed by atoms with Gasteiger partial charge < -0.3 is 10.4 Å². The van der Waals surface area contributed by atoms with Crippen LogP contribution in [0.4, 0.5) is 0 Å². The van der Waals surface area contributed by atoms with Gasteiger partial charge in [-0.15, -0.1) is 0 Å². The molecule has 1 unspecified atom stereocenters. The second-order valence-electron chi connectivity index (χ2n) is 6.19. The van der Waals surface area contributed by atoms with Gasteiger partial charge in [0.25, 0.3) is 0 Å². The fraction of sp³-hybridized carbons (Fsp3) is 0.647. The van der Waals surface area contributed by atoms with Crippen molar-refractivity contribution in [2.24, 2.45) is 11.8 Å². The molecule has 0 spiro atoms. The highest BCUT2D eigenvalue weighted by atomic mass is 16.3. The first-order chi connectivity index (χ1) is 9.15. The Morgan fingerprint density at radius 2 is 2.00 bits per heavy atom. The van der Waals surface area contributed by atoms with Crippen molar-refractivity contribution in [1.29, 1.82) is 0 Å². The Morgan fingerprint density at radius 3 is 2.68 bits per heavy atom. The molecule has 2 nitrogen and oxygen atoms in total. The minimum absolute atomic E-state index is 0.314. The maximum absolute atomic E-state index is 9.49. The molecule has 19 heavy (non-hydrogen) atoms. The zero-order valence-electron chi connectivity index (χ0n) is 12.2. The number of aromatic hydroxyl groups is 1. The number of phenols is 1. The molecule has 2 heteroatoms. The molecule has 1 aliphatic rings. The predicted molar refractivity (Wildman–Crippen MR) is 80.3 cm³/mol. The van der Waals surface area contributed by atoms with Crippen molar-refractivity contribution in [3.63, 3.8) is 0 Å². The molecule has 0 radical (unpaired) electrons. The highest BCUT2D eigenvalue weighted by Gasteiger charge is 2.17. The van der Waals surface area contributed by atoms with Crippen LogP contribution in [0, 0.1) is 11.8 Å². The minimum atomic E-state index is 0.314. The molecule has 1 fully saturated rings. The van der Waals surface area contributed by atoms with Gasteiger partial charge in [-0.1, -0.05) is 44.7 Å².